The van der Waals surface area contributed by atoms with E-state index in [2.05, 4.69) is 9.72 Å². The van der Waals surface area contributed by atoms with Gasteiger partial charge in [-0.25, -0.2) is 4.98 Å². The number of fused-ring (bicyclic) bond motifs is 2. The molecule has 0 fully saturated rings. The normalized spacial score (nSPS) is 15.0. The quantitative estimate of drug-likeness (QED) is 0.331. The van der Waals surface area contributed by atoms with Gasteiger partial charge in [0.25, 0.3) is 0 Å². The lowest BCUT2D eigenvalue weighted by molar-refractivity contribution is -0.274. The van der Waals surface area contributed by atoms with Crippen LogP contribution in [0, 0.1) is 17.2 Å². The monoisotopic (exact) mass is 470 g/mol. The van der Waals surface area contributed by atoms with E-state index in [-0.39, 0.29) is 17.5 Å². The van der Waals surface area contributed by atoms with E-state index in [0.29, 0.717) is 23.4 Å². The molecule has 4 aromatic rings. The number of nitrogens with zero attached hydrogens (tertiary/aromatic N) is 2. The number of carbonyl (C=O) groups excluding carboxylic acids is 1. The number of carbonyl (C=O) groups is 1. The third-order valence-corrected chi connectivity index (χ3v) is 5.89. The standard InChI is InChI=1S/C28H17F3N2O2/c29-28(30,31)35-25-10-8-17(9-11-25)18-4-5-19-12-20-6-7-21(27(34)26(20)15-22(19)13-18)14-23-2-1-3-24(16-32)33-23/h1-13,15,21H,14H2. The Labute approximate surface area is 198 Å². The molecule has 1 atom stereocenters. The van der Waals surface area contributed by atoms with Crippen molar-refractivity contribution in [3.8, 4) is 22.9 Å². The Morgan fingerprint density at radius 1 is 0.943 bits per heavy atom. The molecule has 0 saturated heterocycles. The van der Waals surface area contributed by atoms with Gasteiger partial charge in [-0.05, 0) is 69.9 Å². The summed E-state index contributed by atoms with van der Waals surface area (Å²) in [5, 5.41) is 10.9. The van der Waals surface area contributed by atoms with Gasteiger partial charge in [0.2, 0.25) is 0 Å². The Balaban J connectivity index is 1.43. The van der Waals surface area contributed by atoms with Crippen molar-refractivity contribution in [2.45, 2.75) is 12.8 Å². The van der Waals surface area contributed by atoms with Crippen LogP contribution in [0.5, 0.6) is 5.75 Å². The van der Waals surface area contributed by atoms with Gasteiger partial charge in [0.15, 0.2) is 5.78 Å². The molecule has 5 rings (SSSR count). The number of pyridine rings is 1. The first-order chi connectivity index (χ1) is 16.8. The molecule has 7 heteroatoms. The van der Waals surface area contributed by atoms with Crippen molar-refractivity contribution in [3.63, 3.8) is 0 Å². The third kappa shape index (κ3) is 4.78. The number of Topliss-reactive ketones (excluding diaryl/α,β-unsaturated/α-hetero) is 1. The molecule has 1 unspecified atom stereocenters. The van der Waals surface area contributed by atoms with Crippen LogP contribution in [0.2, 0.25) is 0 Å². The van der Waals surface area contributed by atoms with E-state index in [9.17, 15) is 18.0 Å². The summed E-state index contributed by atoms with van der Waals surface area (Å²) >= 11 is 0. The van der Waals surface area contributed by atoms with Gasteiger partial charge in [-0.3, -0.25) is 4.79 Å². The SMILES string of the molecule is N#Cc1cccc(CC2C=Cc3cc4ccc(-c5ccc(OC(F)(F)F)cc5)cc4cc3C2=O)n1. The van der Waals surface area contributed by atoms with Crippen molar-refractivity contribution in [3.05, 3.63) is 101 Å². The molecule has 1 heterocycles. The van der Waals surface area contributed by atoms with Gasteiger partial charge in [0.1, 0.15) is 17.5 Å². The second-order valence-corrected chi connectivity index (χ2v) is 8.23. The van der Waals surface area contributed by atoms with Crippen LogP contribution >= 0.6 is 0 Å². The molecule has 0 spiro atoms. The topological polar surface area (TPSA) is 63.0 Å². The number of hydrogen-bond acceptors (Lipinski definition) is 4. The molecular formula is C28H17F3N2O2. The predicted molar refractivity (Wildman–Crippen MR) is 126 cm³/mol. The van der Waals surface area contributed by atoms with Crippen molar-refractivity contribution < 1.29 is 22.7 Å². The summed E-state index contributed by atoms with van der Waals surface area (Å²) < 4.78 is 41.2. The number of nitriles is 1. The maximum Gasteiger partial charge on any atom is 0.573 e. The molecule has 35 heavy (non-hydrogen) atoms. The van der Waals surface area contributed by atoms with Crippen LogP contribution in [-0.4, -0.2) is 17.1 Å². The molecule has 0 saturated carbocycles. The van der Waals surface area contributed by atoms with E-state index >= 15 is 0 Å². The van der Waals surface area contributed by atoms with Crippen molar-refractivity contribution in [2.75, 3.05) is 0 Å². The molecule has 1 aliphatic rings. The number of allylic oxidation sites excluding steroid dienone is 1. The average Bonchev–Trinajstić information content (AvgIpc) is 2.84. The van der Waals surface area contributed by atoms with E-state index < -0.39 is 6.36 Å². The van der Waals surface area contributed by atoms with Crippen LogP contribution < -0.4 is 4.74 Å². The Hall–Kier alpha value is -4.44. The van der Waals surface area contributed by atoms with E-state index in [1.54, 1.807) is 30.3 Å². The Bertz CT molecular complexity index is 1520. The van der Waals surface area contributed by atoms with E-state index in [1.807, 2.05) is 48.6 Å². The highest BCUT2D eigenvalue weighted by atomic mass is 19.4. The van der Waals surface area contributed by atoms with E-state index in [1.165, 1.54) is 12.1 Å². The molecule has 3 aromatic carbocycles. The van der Waals surface area contributed by atoms with Crippen LogP contribution in [-0.2, 0) is 6.42 Å². The van der Waals surface area contributed by atoms with Crippen LogP contribution in [0.3, 0.4) is 0 Å². The van der Waals surface area contributed by atoms with Crippen LogP contribution in [0.25, 0.3) is 28.0 Å². The molecule has 0 N–H and O–H groups in total. The largest absolute Gasteiger partial charge is 0.573 e. The highest BCUT2D eigenvalue weighted by Crippen LogP contribution is 2.32. The van der Waals surface area contributed by atoms with E-state index in [0.717, 1.165) is 27.5 Å². The summed E-state index contributed by atoms with van der Waals surface area (Å²) in [7, 11) is 0. The molecule has 1 aliphatic carbocycles. The minimum atomic E-state index is -4.74. The Morgan fingerprint density at radius 3 is 2.46 bits per heavy atom. The second-order valence-electron chi connectivity index (χ2n) is 8.23. The van der Waals surface area contributed by atoms with Crippen LogP contribution in [0.1, 0.15) is 27.3 Å². The molecule has 4 nitrogen and oxygen atoms in total. The lowest BCUT2D eigenvalue weighted by atomic mass is 9.84. The van der Waals surface area contributed by atoms with Gasteiger partial charge in [0.05, 0.1) is 0 Å². The average molecular weight is 470 g/mol. The summed E-state index contributed by atoms with van der Waals surface area (Å²) in [6, 6.07) is 22.4. The van der Waals surface area contributed by atoms with Gasteiger partial charge in [-0.1, -0.05) is 42.5 Å². The first-order valence-corrected chi connectivity index (χ1v) is 10.8. The van der Waals surface area contributed by atoms with Crippen molar-refractivity contribution >= 4 is 22.6 Å². The first-order valence-electron chi connectivity index (χ1n) is 10.8. The number of halogens is 3. The zero-order valence-corrected chi connectivity index (χ0v) is 18.2. The number of benzene rings is 3. The molecule has 0 amide bonds. The Morgan fingerprint density at radius 2 is 1.71 bits per heavy atom. The zero-order chi connectivity index (χ0) is 24.6. The minimum absolute atomic E-state index is 0.0207. The summed E-state index contributed by atoms with van der Waals surface area (Å²) in [5.41, 5.74) is 3.96. The maximum absolute atomic E-state index is 13.3. The fourth-order valence-electron chi connectivity index (χ4n) is 4.24. The molecule has 1 aromatic heterocycles. The summed E-state index contributed by atoms with van der Waals surface area (Å²) in [6.07, 6.45) is -0.538. The van der Waals surface area contributed by atoms with Crippen molar-refractivity contribution in [1.82, 2.24) is 4.98 Å². The molecule has 0 aliphatic heterocycles. The number of rotatable bonds is 4. The second kappa shape index (κ2) is 8.73. The number of ether oxygens (including phenoxy) is 1. The van der Waals surface area contributed by atoms with Gasteiger partial charge in [-0.15, -0.1) is 13.2 Å². The van der Waals surface area contributed by atoms with Gasteiger partial charge >= 0.3 is 6.36 Å². The summed E-state index contributed by atoms with van der Waals surface area (Å²) in [5.74, 6) is -0.687. The number of ketones is 1. The number of hydrogen-bond donors (Lipinski definition) is 0. The smallest absolute Gasteiger partial charge is 0.406 e. The lowest BCUT2D eigenvalue weighted by Gasteiger charge is -2.19. The number of aromatic nitrogens is 1. The minimum Gasteiger partial charge on any atom is -0.406 e. The zero-order valence-electron chi connectivity index (χ0n) is 18.2. The van der Waals surface area contributed by atoms with E-state index in [4.69, 9.17) is 5.26 Å². The van der Waals surface area contributed by atoms with Crippen LogP contribution in [0.4, 0.5) is 13.2 Å². The van der Waals surface area contributed by atoms with Gasteiger partial charge < -0.3 is 4.74 Å². The van der Waals surface area contributed by atoms with Crippen molar-refractivity contribution in [1.29, 1.82) is 5.26 Å². The fourth-order valence-corrected chi connectivity index (χ4v) is 4.24. The van der Waals surface area contributed by atoms with Gasteiger partial charge in [-0.2, -0.15) is 5.26 Å². The summed E-state index contributed by atoms with van der Waals surface area (Å²) in [4.78, 5) is 17.6. The molecule has 0 radical (unpaired) electrons. The molecule has 172 valence electrons. The molecular weight excluding hydrogens is 453 g/mol. The van der Waals surface area contributed by atoms with Gasteiger partial charge in [0, 0.05) is 23.6 Å². The molecule has 0 bridgehead atoms. The Kier molecular flexibility index (Phi) is 5.58. The maximum atomic E-state index is 13.3. The fraction of sp³-hybridized carbons (Fsp3) is 0.107. The predicted octanol–water partition coefficient (Wildman–Crippen LogP) is 6.74. The number of alkyl halides is 3. The highest BCUT2D eigenvalue weighted by molar-refractivity contribution is 6.08. The highest BCUT2D eigenvalue weighted by Gasteiger charge is 2.31. The third-order valence-electron chi connectivity index (χ3n) is 5.89. The van der Waals surface area contributed by atoms with Crippen LogP contribution in [0.15, 0.2) is 78.9 Å². The lowest BCUT2D eigenvalue weighted by Crippen LogP contribution is -2.20. The van der Waals surface area contributed by atoms with Crippen molar-refractivity contribution in [2.24, 2.45) is 5.92 Å². The summed E-state index contributed by atoms with van der Waals surface area (Å²) in [6.45, 7) is 0. The first kappa shape index (κ1) is 22.4.